The third-order valence-corrected chi connectivity index (χ3v) is 4.85. The van der Waals surface area contributed by atoms with Gasteiger partial charge in [-0.25, -0.2) is 9.69 Å². The zero-order valence-electron chi connectivity index (χ0n) is 16.6. The lowest BCUT2D eigenvalue weighted by atomic mass is 9.96. The average Bonchev–Trinajstić information content (AvgIpc) is 2.85. The molecule has 2 N–H and O–H groups in total. The smallest absolute Gasteiger partial charge is 0.406 e. The van der Waals surface area contributed by atoms with Crippen LogP contribution in [0.3, 0.4) is 0 Å². The second-order valence-corrected chi connectivity index (χ2v) is 7.36. The molecule has 0 spiro atoms. The quantitative estimate of drug-likeness (QED) is 0.701. The molecule has 31 heavy (non-hydrogen) atoms. The van der Waals surface area contributed by atoms with E-state index in [-0.39, 0.29) is 12.1 Å². The number of hydrogen-bond donors (Lipinski definition) is 1. The first kappa shape index (κ1) is 22.1. The standard InChI is InChI=1S/C20H19F3N4O4/c1-19(2)17(29)26(13-3-5-14(6-4-13)31-20(21,22)23)18(30)27(19)15(11-16(24)28)12-7-9-25-10-8-12/h3-10,15H,11H2,1-2H3,(H2,24,28). The van der Waals surface area contributed by atoms with Gasteiger partial charge in [0.2, 0.25) is 5.91 Å². The summed E-state index contributed by atoms with van der Waals surface area (Å²) in [6, 6.07) is 5.98. The molecule has 1 aromatic carbocycles. The average molecular weight is 436 g/mol. The molecule has 4 amide bonds. The number of carbonyl (C=O) groups excluding carboxylic acids is 3. The van der Waals surface area contributed by atoms with Crippen LogP contribution in [-0.2, 0) is 9.59 Å². The van der Waals surface area contributed by atoms with E-state index < -0.39 is 41.5 Å². The zero-order chi connectivity index (χ0) is 23.0. The van der Waals surface area contributed by atoms with Crippen LogP contribution in [0, 0.1) is 0 Å². The highest BCUT2D eigenvalue weighted by Gasteiger charge is 2.54. The molecule has 164 valence electrons. The Morgan fingerprint density at radius 1 is 1.13 bits per heavy atom. The number of imide groups is 1. The monoisotopic (exact) mass is 436 g/mol. The topological polar surface area (TPSA) is 106 Å². The van der Waals surface area contributed by atoms with Gasteiger partial charge in [-0.15, -0.1) is 13.2 Å². The Hall–Kier alpha value is -3.63. The molecule has 0 aliphatic carbocycles. The lowest BCUT2D eigenvalue weighted by Crippen LogP contribution is -2.47. The highest BCUT2D eigenvalue weighted by molar-refractivity contribution is 6.23. The van der Waals surface area contributed by atoms with Crippen molar-refractivity contribution in [1.29, 1.82) is 0 Å². The van der Waals surface area contributed by atoms with Gasteiger partial charge in [-0.3, -0.25) is 14.6 Å². The number of urea groups is 1. The molecule has 1 aliphatic rings. The maximum absolute atomic E-state index is 13.3. The summed E-state index contributed by atoms with van der Waals surface area (Å²) in [6.07, 6.45) is -2.14. The second kappa shape index (κ2) is 7.89. The first-order valence-corrected chi connectivity index (χ1v) is 9.13. The molecule has 0 saturated carbocycles. The van der Waals surface area contributed by atoms with Crippen LogP contribution in [0.1, 0.15) is 31.9 Å². The van der Waals surface area contributed by atoms with Crippen LogP contribution >= 0.6 is 0 Å². The Morgan fingerprint density at radius 2 is 1.71 bits per heavy atom. The number of primary amides is 1. The predicted molar refractivity (Wildman–Crippen MR) is 103 cm³/mol. The van der Waals surface area contributed by atoms with Gasteiger partial charge in [-0.05, 0) is 55.8 Å². The molecule has 1 aromatic heterocycles. The van der Waals surface area contributed by atoms with E-state index >= 15 is 0 Å². The Kier molecular flexibility index (Phi) is 5.62. The molecular formula is C20H19F3N4O4. The molecule has 11 heteroatoms. The maximum atomic E-state index is 13.3. The molecule has 1 saturated heterocycles. The van der Waals surface area contributed by atoms with Crippen molar-refractivity contribution in [1.82, 2.24) is 9.88 Å². The van der Waals surface area contributed by atoms with Crippen LogP contribution in [0.4, 0.5) is 23.7 Å². The van der Waals surface area contributed by atoms with Gasteiger partial charge in [-0.1, -0.05) is 0 Å². The fourth-order valence-corrected chi connectivity index (χ4v) is 3.49. The highest BCUT2D eigenvalue weighted by Crippen LogP contribution is 2.40. The van der Waals surface area contributed by atoms with Crippen molar-refractivity contribution < 1.29 is 32.3 Å². The summed E-state index contributed by atoms with van der Waals surface area (Å²) < 4.78 is 41.0. The van der Waals surface area contributed by atoms with Crippen LogP contribution < -0.4 is 15.4 Å². The number of anilines is 1. The van der Waals surface area contributed by atoms with Crippen molar-refractivity contribution in [3.05, 3.63) is 54.4 Å². The van der Waals surface area contributed by atoms with Crippen LogP contribution in [0.2, 0.25) is 0 Å². The van der Waals surface area contributed by atoms with E-state index in [1.807, 2.05) is 0 Å². The molecule has 1 atom stereocenters. The zero-order valence-corrected chi connectivity index (χ0v) is 16.6. The summed E-state index contributed by atoms with van der Waals surface area (Å²) >= 11 is 0. The number of hydrogen-bond acceptors (Lipinski definition) is 5. The van der Waals surface area contributed by atoms with E-state index in [0.29, 0.717) is 5.56 Å². The minimum atomic E-state index is -4.87. The summed E-state index contributed by atoms with van der Waals surface area (Å²) in [5, 5.41) is 0. The minimum absolute atomic E-state index is 0.0626. The lowest BCUT2D eigenvalue weighted by molar-refractivity contribution is -0.274. The molecule has 2 aromatic rings. The number of alkyl halides is 3. The van der Waals surface area contributed by atoms with Crippen molar-refractivity contribution in [2.45, 2.75) is 38.2 Å². The van der Waals surface area contributed by atoms with Crippen molar-refractivity contribution in [2.24, 2.45) is 5.73 Å². The van der Waals surface area contributed by atoms with Crippen LogP contribution in [0.25, 0.3) is 0 Å². The molecule has 1 unspecified atom stereocenters. The largest absolute Gasteiger partial charge is 0.573 e. The third kappa shape index (κ3) is 4.44. The van der Waals surface area contributed by atoms with E-state index in [0.717, 1.165) is 17.0 Å². The molecule has 0 radical (unpaired) electrons. The number of nitrogens with two attached hydrogens (primary N) is 1. The van der Waals surface area contributed by atoms with E-state index in [1.54, 1.807) is 12.1 Å². The van der Waals surface area contributed by atoms with E-state index in [1.165, 1.54) is 43.3 Å². The second-order valence-electron chi connectivity index (χ2n) is 7.36. The van der Waals surface area contributed by atoms with Crippen LogP contribution in [0.5, 0.6) is 5.75 Å². The molecule has 0 bridgehead atoms. The van der Waals surface area contributed by atoms with E-state index in [4.69, 9.17) is 5.73 Å². The van der Waals surface area contributed by atoms with Crippen LogP contribution in [0.15, 0.2) is 48.8 Å². The number of carbonyl (C=O) groups is 3. The number of halogens is 3. The Balaban J connectivity index is 1.98. The van der Waals surface area contributed by atoms with Crippen molar-refractivity contribution in [3.63, 3.8) is 0 Å². The van der Waals surface area contributed by atoms with Gasteiger partial charge in [0.15, 0.2) is 0 Å². The number of pyridine rings is 1. The van der Waals surface area contributed by atoms with Gasteiger partial charge in [0.05, 0.1) is 18.2 Å². The van der Waals surface area contributed by atoms with Gasteiger partial charge in [0.25, 0.3) is 5.91 Å². The van der Waals surface area contributed by atoms with Gasteiger partial charge < -0.3 is 15.4 Å². The van der Waals surface area contributed by atoms with Crippen molar-refractivity contribution >= 4 is 23.5 Å². The predicted octanol–water partition coefficient (Wildman–Crippen LogP) is 3.14. The number of benzene rings is 1. The Labute approximate surface area is 175 Å². The van der Waals surface area contributed by atoms with E-state index in [2.05, 4.69) is 9.72 Å². The molecule has 1 aliphatic heterocycles. The molecule has 2 heterocycles. The lowest BCUT2D eigenvalue weighted by Gasteiger charge is -2.35. The number of nitrogens with zero attached hydrogens (tertiary/aromatic N) is 3. The maximum Gasteiger partial charge on any atom is 0.573 e. The van der Waals surface area contributed by atoms with Gasteiger partial charge in [0, 0.05) is 12.4 Å². The Bertz CT molecular complexity index is 994. The van der Waals surface area contributed by atoms with Crippen molar-refractivity contribution in [3.8, 4) is 5.75 Å². The summed E-state index contributed by atoms with van der Waals surface area (Å²) in [5.74, 6) is -1.77. The summed E-state index contributed by atoms with van der Waals surface area (Å²) in [7, 11) is 0. The van der Waals surface area contributed by atoms with Gasteiger partial charge in [-0.2, -0.15) is 0 Å². The molecular weight excluding hydrogens is 417 g/mol. The fourth-order valence-electron chi connectivity index (χ4n) is 3.49. The van der Waals surface area contributed by atoms with E-state index in [9.17, 15) is 27.6 Å². The summed E-state index contributed by atoms with van der Waals surface area (Å²) in [6.45, 7) is 3.03. The highest BCUT2D eigenvalue weighted by atomic mass is 19.4. The first-order chi connectivity index (χ1) is 14.4. The number of rotatable bonds is 6. The fraction of sp³-hybridized carbons (Fsp3) is 0.300. The summed E-state index contributed by atoms with van der Waals surface area (Å²) in [4.78, 5) is 44.1. The molecule has 8 nitrogen and oxygen atoms in total. The third-order valence-electron chi connectivity index (χ3n) is 4.85. The summed E-state index contributed by atoms with van der Waals surface area (Å²) in [5.41, 5.74) is 4.64. The Morgan fingerprint density at radius 3 is 2.23 bits per heavy atom. The normalized spacial score (nSPS) is 17.1. The minimum Gasteiger partial charge on any atom is -0.406 e. The molecule has 3 rings (SSSR count). The van der Waals surface area contributed by atoms with Crippen molar-refractivity contribution in [2.75, 3.05) is 4.90 Å². The number of amides is 4. The molecule has 1 fully saturated rings. The first-order valence-electron chi connectivity index (χ1n) is 9.13. The SMILES string of the molecule is CC1(C)C(=O)N(c2ccc(OC(F)(F)F)cc2)C(=O)N1C(CC(N)=O)c1ccncc1. The number of ether oxygens (including phenoxy) is 1. The number of aromatic nitrogens is 1. The van der Waals surface area contributed by atoms with Gasteiger partial charge >= 0.3 is 12.4 Å². The van der Waals surface area contributed by atoms with Gasteiger partial charge in [0.1, 0.15) is 11.3 Å². The van der Waals surface area contributed by atoms with Crippen LogP contribution in [-0.4, -0.2) is 39.6 Å².